The van der Waals surface area contributed by atoms with Gasteiger partial charge in [-0.25, -0.2) is 0 Å². The minimum absolute atomic E-state index is 0.292. The third-order valence-electron chi connectivity index (χ3n) is 2.84. The summed E-state index contributed by atoms with van der Waals surface area (Å²) < 4.78 is 1.51. The molecule has 0 fully saturated rings. The average molecular weight is 320 g/mol. The normalized spacial score (nSPS) is 10.6. The van der Waals surface area contributed by atoms with Gasteiger partial charge in [0.1, 0.15) is 11.2 Å². The van der Waals surface area contributed by atoms with Gasteiger partial charge in [0.2, 0.25) is 5.13 Å². The number of amides is 1. The molecular weight excluding hydrogens is 310 g/mol. The highest BCUT2D eigenvalue weighted by atomic mass is 35.5. The molecular formula is C13H10ClN5OS. The van der Waals surface area contributed by atoms with Gasteiger partial charge >= 0.3 is 0 Å². The van der Waals surface area contributed by atoms with Crippen molar-refractivity contribution in [3.05, 3.63) is 46.6 Å². The molecule has 3 aromatic rings. The number of hydrogen-bond donors (Lipinski definition) is 1. The maximum atomic E-state index is 12.2. The Morgan fingerprint density at radius 1 is 1.38 bits per heavy atom. The van der Waals surface area contributed by atoms with Crippen LogP contribution >= 0.6 is 22.9 Å². The van der Waals surface area contributed by atoms with Crippen molar-refractivity contribution in [2.45, 2.75) is 0 Å². The second-order valence-corrected chi connectivity index (χ2v) is 5.46. The number of carbonyl (C=O) groups is 1. The summed E-state index contributed by atoms with van der Waals surface area (Å²) >= 11 is 7.40. The van der Waals surface area contributed by atoms with Crippen molar-refractivity contribution in [1.82, 2.24) is 20.0 Å². The van der Waals surface area contributed by atoms with E-state index in [1.807, 2.05) is 18.2 Å². The Hall–Kier alpha value is -2.25. The molecule has 1 amide bonds. The maximum Gasteiger partial charge on any atom is 0.275 e. The van der Waals surface area contributed by atoms with E-state index in [2.05, 4.69) is 20.6 Å². The molecule has 0 radical (unpaired) electrons. The summed E-state index contributed by atoms with van der Waals surface area (Å²) in [6.45, 7) is 0. The molecule has 8 heteroatoms. The van der Waals surface area contributed by atoms with Gasteiger partial charge in [-0.2, -0.15) is 5.10 Å². The Bertz CT molecular complexity index is 784. The van der Waals surface area contributed by atoms with Crippen molar-refractivity contribution in [1.29, 1.82) is 0 Å². The minimum atomic E-state index is -0.292. The molecule has 0 saturated carbocycles. The second-order valence-electron chi connectivity index (χ2n) is 4.22. The highest BCUT2D eigenvalue weighted by molar-refractivity contribution is 7.13. The minimum Gasteiger partial charge on any atom is -0.295 e. The van der Waals surface area contributed by atoms with Gasteiger partial charge < -0.3 is 0 Å². The number of nitrogens with one attached hydrogen (secondary N) is 1. The largest absolute Gasteiger partial charge is 0.295 e. The summed E-state index contributed by atoms with van der Waals surface area (Å²) in [5.41, 5.74) is 3.39. The van der Waals surface area contributed by atoms with Crippen molar-refractivity contribution in [2.24, 2.45) is 7.05 Å². The van der Waals surface area contributed by atoms with Crippen LogP contribution in [0.2, 0.25) is 5.02 Å². The van der Waals surface area contributed by atoms with Crippen LogP contribution < -0.4 is 5.32 Å². The third-order valence-corrected chi connectivity index (χ3v) is 3.78. The summed E-state index contributed by atoms with van der Waals surface area (Å²) in [5, 5.41) is 15.5. The first-order valence-electron chi connectivity index (χ1n) is 6.01. The predicted octanol–water partition coefficient (Wildman–Crippen LogP) is 2.84. The van der Waals surface area contributed by atoms with Gasteiger partial charge in [-0.05, 0) is 12.1 Å². The molecule has 0 aliphatic carbocycles. The zero-order valence-electron chi connectivity index (χ0n) is 10.9. The van der Waals surface area contributed by atoms with E-state index in [4.69, 9.17) is 11.6 Å². The SMILES string of the molecule is Cn1nc(-c2ccccc2Cl)cc1C(=O)Nc1nncs1. The molecule has 0 spiro atoms. The van der Waals surface area contributed by atoms with Crippen LogP contribution in [0, 0.1) is 0 Å². The van der Waals surface area contributed by atoms with E-state index >= 15 is 0 Å². The first-order chi connectivity index (χ1) is 10.1. The van der Waals surface area contributed by atoms with E-state index in [0.717, 1.165) is 5.56 Å². The molecule has 1 N–H and O–H groups in total. The Morgan fingerprint density at radius 3 is 2.90 bits per heavy atom. The van der Waals surface area contributed by atoms with Crippen LogP contribution in [0.4, 0.5) is 5.13 Å². The van der Waals surface area contributed by atoms with Gasteiger partial charge in [-0.15, -0.1) is 10.2 Å². The summed E-state index contributed by atoms with van der Waals surface area (Å²) in [5.74, 6) is -0.292. The first kappa shape index (κ1) is 13.7. The number of rotatable bonds is 3. The molecule has 0 aliphatic rings. The van der Waals surface area contributed by atoms with Crippen molar-refractivity contribution in [3.8, 4) is 11.3 Å². The quantitative estimate of drug-likeness (QED) is 0.805. The smallest absolute Gasteiger partial charge is 0.275 e. The topological polar surface area (TPSA) is 72.7 Å². The molecule has 2 heterocycles. The summed E-state index contributed by atoms with van der Waals surface area (Å²) in [6.07, 6.45) is 0. The monoisotopic (exact) mass is 319 g/mol. The predicted molar refractivity (Wildman–Crippen MR) is 81.5 cm³/mol. The van der Waals surface area contributed by atoms with E-state index in [1.165, 1.54) is 16.0 Å². The number of halogens is 1. The van der Waals surface area contributed by atoms with Crippen molar-refractivity contribution in [3.63, 3.8) is 0 Å². The third kappa shape index (κ3) is 2.79. The number of hydrogen-bond acceptors (Lipinski definition) is 5. The second kappa shape index (κ2) is 5.63. The van der Waals surface area contributed by atoms with Gasteiger partial charge in [0, 0.05) is 12.6 Å². The number of aryl methyl sites for hydroxylation is 1. The Morgan fingerprint density at radius 2 is 2.19 bits per heavy atom. The fourth-order valence-electron chi connectivity index (χ4n) is 1.87. The molecule has 0 unspecified atom stereocenters. The molecule has 0 saturated heterocycles. The average Bonchev–Trinajstić information content (AvgIpc) is 3.09. The highest BCUT2D eigenvalue weighted by Crippen LogP contribution is 2.27. The van der Waals surface area contributed by atoms with E-state index in [1.54, 1.807) is 24.7 Å². The number of carbonyl (C=O) groups excluding carboxylic acids is 1. The van der Waals surface area contributed by atoms with Gasteiger partial charge in [-0.1, -0.05) is 41.1 Å². The van der Waals surface area contributed by atoms with E-state index in [-0.39, 0.29) is 5.91 Å². The summed E-state index contributed by atoms with van der Waals surface area (Å²) in [6, 6.07) is 9.05. The van der Waals surface area contributed by atoms with Crippen molar-refractivity contribution in [2.75, 3.05) is 5.32 Å². The number of aromatic nitrogens is 4. The number of anilines is 1. The fraction of sp³-hybridized carbons (Fsp3) is 0.0769. The number of nitrogens with zero attached hydrogens (tertiary/aromatic N) is 4. The van der Waals surface area contributed by atoms with Crippen LogP contribution in [0.25, 0.3) is 11.3 Å². The zero-order chi connectivity index (χ0) is 14.8. The molecule has 6 nitrogen and oxygen atoms in total. The molecule has 0 aliphatic heterocycles. The lowest BCUT2D eigenvalue weighted by atomic mass is 10.1. The standard InChI is InChI=1S/C13H10ClN5OS/c1-19-11(12(20)16-13-17-15-7-21-13)6-10(18-19)8-4-2-3-5-9(8)14/h2-7H,1H3,(H,16,17,20). The fourth-order valence-corrected chi connectivity index (χ4v) is 2.54. The van der Waals surface area contributed by atoms with E-state index < -0.39 is 0 Å². The highest BCUT2D eigenvalue weighted by Gasteiger charge is 2.16. The van der Waals surface area contributed by atoms with Gasteiger partial charge in [0.15, 0.2) is 0 Å². The van der Waals surface area contributed by atoms with Crippen molar-refractivity contribution < 1.29 is 4.79 Å². The molecule has 21 heavy (non-hydrogen) atoms. The van der Waals surface area contributed by atoms with Crippen molar-refractivity contribution >= 4 is 34.0 Å². The van der Waals surface area contributed by atoms with E-state index in [0.29, 0.717) is 21.5 Å². The zero-order valence-corrected chi connectivity index (χ0v) is 12.5. The molecule has 1 aromatic carbocycles. The molecule has 0 atom stereocenters. The molecule has 3 rings (SSSR count). The van der Waals surface area contributed by atoms with Crippen LogP contribution in [0.3, 0.4) is 0 Å². The van der Waals surface area contributed by atoms with Gasteiger partial charge in [0.05, 0.1) is 10.7 Å². The Labute approximate surface area is 129 Å². The summed E-state index contributed by atoms with van der Waals surface area (Å²) in [7, 11) is 1.70. The van der Waals surface area contributed by atoms with Crippen LogP contribution in [-0.4, -0.2) is 25.9 Å². The first-order valence-corrected chi connectivity index (χ1v) is 7.27. The van der Waals surface area contributed by atoms with E-state index in [9.17, 15) is 4.79 Å². The molecule has 106 valence electrons. The lowest BCUT2D eigenvalue weighted by Crippen LogP contribution is -2.15. The van der Waals surface area contributed by atoms with Crippen LogP contribution in [0.1, 0.15) is 10.5 Å². The van der Waals surface area contributed by atoms with Gasteiger partial charge in [-0.3, -0.25) is 14.8 Å². The maximum absolute atomic E-state index is 12.2. The Balaban J connectivity index is 1.91. The van der Waals surface area contributed by atoms with Crippen LogP contribution in [0.5, 0.6) is 0 Å². The van der Waals surface area contributed by atoms with Gasteiger partial charge in [0.25, 0.3) is 5.91 Å². The van der Waals surface area contributed by atoms with Crippen LogP contribution in [-0.2, 0) is 7.05 Å². The lowest BCUT2D eigenvalue weighted by molar-refractivity contribution is 0.101. The lowest BCUT2D eigenvalue weighted by Gasteiger charge is -2.00. The molecule has 0 bridgehead atoms. The number of benzene rings is 1. The summed E-state index contributed by atoms with van der Waals surface area (Å²) in [4.78, 5) is 12.2. The molecule has 2 aromatic heterocycles. The Kier molecular flexibility index (Phi) is 3.68. The van der Waals surface area contributed by atoms with Crippen LogP contribution in [0.15, 0.2) is 35.8 Å².